The summed E-state index contributed by atoms with van der Waals surface area (Å²) in [5.41, 5.74) is 4.78. The minimum atomic E-state index is 0.704. The zero-order valence-corrected chi connectivity index (χ0v) is 12.0. The van der Waals surface area contributed by atoms with Gasteiger partial charge in [-0.3, -0.25) is 4.99 Å². The molecule has 3 aromatic rings. The van der Waals surface area contributed by atoms with Gasteiger partial charge in [0.1, 0.15) is 6.67 Å². The van der Waals surface area contributed by atoms with Crippen LogP contribution >= 0.6 is 0 Å². The molecule has 0 N–H and O–H groups in total. The molecule has 0 radical (unpaired) electrons. The van der Waals surface area contributed by atoms with E-state index in [4.69, 9.17) is 4.99 Å². The summed E-state index contributed by atoms with van der Waals surface area (Å²) in [5, 5.41) is 2.53. The molecule has 0 unspecified atom stereocenters. The average molecular weight is 272 g/mol. The van der Waals surface area contributed by atoms with Gasteiger partial charge in [-0.1, -0.05) is 60.7 Å². The van der Waals surface area contributed by atoms with Gasteiger partial charge in [-0.25, -0.2) is 0 Å². The SMILES string of the molecule is CN1CN=C(c2ccccc2)c2c1ccc1ccccc21. The second-order valence-electron chi connectivity index (χ2n) is 5.39. The van der Waals surface area contributed by atoms with Crippen LogP contribution in [-0.2, 0) is 0 Å². The lowest BCUT2D eigenvalue weighted by Crippen LogP contribution is -2.26. The molecule has 4 rings (SSSR count). The Hall–Kier alpha value is -2.61. The number of anilines is 1. The van der Waals surface area contributed by atoms with Gasteiger partial charge in [-0.05, 0) is 16.8 Å². The molecule has 0 atom stereocenters. The van der Waals surface area contributed by atoms with Crippen molar-refractivity contribution in [2.45, 2.75) is 0 Å². The Bertz CT molecular complexity index is 835. The normalized spacial score (nSPS) is 14.0. The van der Waals surface area contributed by atoms with Crippen molar-refractivity contribution in [1.29, 1.82) is 0 Å². The molecule has 0 bridgehead atoms. The van der Waals surface area contributed by atoms with Gasteiger partial charge in [-0.2, -0.15) is 0 Å². The molecule has 102 valence electrons. The smallest absolute Gasteiger partial charge is 0.110 e. The quantitative estimate of drug-likeness (QED) is 0.651. The van der Waals surface area contributed by atoms with Crippen LogP contribution in [0.3, 0.4) is 0 Å². The first-order valence-corrected chi connectivity index (χ1v) is 7.18. The van der Waals surface area contributed by atoms with E-state index in [-0.39, 0.29) is 0 Å². The summed E-state index contributed by atoms with van der Waals surface area (Å²) < 4.78 is 0. The molecule has 1 aliphatic rings. The number of hydrogen-bond acceptors (Lipinski definition) is 2. The van der Waals surface area contributed by atoms with Gasteiger partial charge < -0.3 is 4.90 Å². The van der Waals surface area contributed by atoms with Crippen LogP contribution in [0.1, 0.15) is 11.1 Å². The first kappa shape index (κ1) is 12.2. The van der Waals surface area contributed by atoms with Gasteiger partial charge in [0.05, 0.1) is 5.71 Å². The first-order valence-electron chi connectivity index (χ1n) is 7.18. The van der Waals surface area contributed by atoms with Crippen molar-refractivity contribution in [1.82, 2.24) is 0 Å². The molecule has 0 amide bonds. The number of fused-ring (bicyclic) bond motifs is 3. The van der Waals surface area contributed by atoms with E-state index in [9.17, 15) is 0 Å². The van der Waals surface area contributed by atoms with E-state index >= 15 is 0 Å². The minimum absolute atomic E-state index is 0.704. The molecular weight excluding hydrogens is 256 g/mol. The second-order valence-corrected chi connectivity index (χ2v) is 5.39. The summed E-state index contributed by atoms with van der Waals surface area (Å²) >= 11 is 0. The van der Waals surface area contributed by atoms with Crippen molar-refractivity contribution >= 4 is 22.2 Å². The van der Waals surface area contributed by atoms with E-state index in [0.29, 0.717) is 6.67 Å². The van der Waals surface area contributed by atoms with E-state index in [1.54, 1.807) is 0 Å². The Morgan fingerprint density at radius 3 is 2.48 bits per heavy atom. The summed E-state index contributed by atoms with van der Waals surface area (Å²) in [7, 11) is 2.10. The monoisotopic (exact) mass is 272 g/mol. The van der Waals surface area contributed by atoms with Crippen molar-refractivity contribution in [2.75, 3.05) is 18.6 Å². The van der Waals surface area contributed by atoms with Gasteiger partial charge in [-0.15, -0.1) is 0 Å². The number of benzene rings is 3. The molecule has 1 heterocycles. The molecule has 0 saturated heterocycles. The van der Waals surface area contributed by atoms with Gasteiger partial charge in [0.15, 0.2) is 0 Å². The highest BCUT2D eigenvalue weighted by Crippen LogP contribution is 2.33. The van der Waals surface area contributed by atoms with E-state index in [2.05, 4.69) is 72.6 Å². The van der Waals surface area contributed by atoms with Crippen molar-refractivity contribution in [3.05, 3.63) is 77.9 Å². The van der Waals surface area contributed by atoms with Crippen molar-refractivity contribution in [3.8, 4) is 0 Å². The molecule has 0 aromatic heterocycles. The third kappa shape index (κ3) is 1.91. The Morgan fingerprint density at radius 2 is 1.62 bits per heavy atom. The van der Waals surface area contributed by atoms with E-state index in [0.717, 1.165) is 5.71 Å². The Balaban J connectivity index is 2.04. The fraction of sp³-hybridized carbons (Fsp3) is 0.105. The maximum atomic E-state index is 4.81. The van der Waals surface area contributed by atoms with Crippen LogP contribution in [-0.4, -0.2) is 19.4 Å². The third-order valence-corrected chi connectivity index (χ3v) is 4.04. The molecule has 0 spiro atoms. The predicted molar refractivity (Wildman–Crippen MR) is 89.3 cm³/mol. The van der Waals surface area contributed by atoms with Crippen LogP contribution in [0.4, 0.5) is 5.69 Å². The fourth-order valence-corrected chi connectivity index (χ4v) is 2.99. The minimum Gasteiger partial charge on any atom is -0.355 e. The van der Waals surface area contributed by atoms with E-state index < -0.39 is 0 Å². The summed E-state index contributed by atoms with van der Waals surface area (Å²) in [6.45, 7) is 0.704. The van der Waals surface area contributed by atoms with Crippen LogP contribution in [0.5, 0.6) is 0 Å². The molecule has 3 aromatic carbocycles. The number of hydrogen-bond donors (Lipinski definition) is 0. The zero-order valence-electron chi connectivity index (χ0n) is 12.0. The lowest BCUT2D eigenvalue weighted by molar-refractivity contribution is 0.919. The Morgan fingerprint density at radius 1 is 0.857 bits per heavy atom. The van der Waals surface area contributed by atoms with E-state index in [1.807, 2.05) is 6.07 Å². The molecule has 2 nitrogen and oxygen atoms in total. The molecule has 0 aliphatic carbocycles. The standard InChI is InChI=1S/C19H16N2/c1-21-13-20-19(15-8-3-2-4-9-15)18-16-10-6-5-7-14(16)11-12-17(18)21/h2-12H,13H2,1H3. The molecule has 0 saturated carbocycles. The van der Waals surface area contributed by atoms with Gasteiger partial charge in [0.2, 0.25) is 0 Å². The number of aliphatic imine (C=N–C) groups is 1. The first-order chi connectivity index (χ1) is 10.3. The predicted octanol–water partition coefficient (Wildman–Crippen LogP) is 4.08. The fourth-order valence-electron chi connectivity index (χ4n) is 2.99. The lowest BCUT2D eigenvalue weighted by Gasteiger charge is -2.28. The van der Waals surface area contributed by atoms with Crippen LogP contribution in [0, 0.1) is 0 Å². The molecule has 2 heteroatoms. The van der Waals surface area contributed by atoms with Crippen LogP contribution in [0.2, 0.25) is 0 Å². The van der Waals surface area contributed by atoms with E-state index in [1.165, 1.54) is 27.6 Å². The van der Waals surface area contributed by atoms with Crippen molar-refractivity contribution in [3.63, 3.8) is 0 Å². The van der Waals surface area contributed by atoms with Gasteiger partial charge in [0, 0.05) is 23.9 Å². The second kappa shape index (κ2) is 4.74. The highest BCUT2D eigenvalue weighted by Gasteiger charge is 2.21. The largest absolute Gasteiger partial charge is 0.355 e. The van der Waals surface area contributed by atoms with Gasteiger partial charge >= 0.3 is 0 Å². The average Bonchev–Trinajstić information content (AvgIpc) is 2.56. The zero-order chi connectivity index (χ0) is 14.2. The van der Waals surface area contributed by atoms with Crippen molar-refractivity contribution in [2.24, 2.45) is 4.99 Å². The summed E-state index contributed by atoms with van der Waals surface area (Å²) in [4.78, 5) is 7.02. The highest BCUT2D eigenvalue weighted by molar-refractivity contribution is 6.23. The maximum absolute atomic E-state index is 4.81. The van der Waals surface area contributed by atoms with Crippen LogP contribution in [0.25, 0.3) is 10.8 Å². The highest BCUT2D eigenvalue weighted by atomic mass is 15.2. The van der Waals surface area contributed by atoms with Crippen LogP contribution in [0.15, 0.2) is 71.7 Å². The summed E-state index contributed by atoms with van der Waals surface area (Å²) in [6.07, 6.45) is 0. The molecule has 21 heavy (non-hydrogen) atoms. The van der Waals surface area contributed by atoms with Gasteiger partial charge in [0.25, 0.3) is 0 Å². The van der Waals surface area contributed by atoms with Crippen molar-refractivity contribution < 1.29 is 0 Å². The Kier molecular flexibility index (Phi) is 2.74. The summed E-state index contributed by atoms with van der Waals surface area (Å²) in [6, 6.07) is 23.4. The van der Waals surface area contributed by atoms with Crippen LogP contribution < -0.4 is 4.90 Å². The Labute approximate surface area is 124 Å². The molecule has 0 fully saturated rings. The lowest BCUT2D eigenvalue weighted by atomic mass is 9.93. The third-order valence-electron chi connectivity index (χ3n) is 4.04. The maximum Gasteiger partial charge on any atom is 0.110 e. The summed E-state index contributed by atoms with van der Waals surface area (Å²) in [5.74, 6) is 0. The molecule has 1 aliphatic heterocycles. The topological polar surface area (TPSA) is 15.6 Å². The number of rotatable bonds is 1. The molecular formula is C19H16N2. The number of nitrogens with zero attached hydrogens (tertiary/aromatic N) is 2.